The zero-order valence-electron chi connectivity index (χ0n) is 17.5. The lowest BCUT2D eigenvalue weighted by Gasteiger charge is -2.25. The van der Waals surface area contributed by atoms with E-state index in [9.17, 15) is 9.59 Å². The summed E-state index contributed by atoms with van der Waals surface area (Å²) in [4.78, 5) is 23.5. The summed E-state index contributed by atoms with van der Waals surface area (Å²) in [5, 5.41) is 17.4. The first-order chi connectivity index (χ1) is 15.1. The molecule has 0 saturated heterocycles. The summed E-state index contributed by atoms with van der Waals surface area (Å²) in [6, 6.07) is 17.4. The van der Waals surface area contributed by atoms with Crippen LogP contribution in [0.3, 0.4) is 0 Å². The highest BCUT2D eigenvalue weighted by molar-refractivity contribution is 5.88. The van der Waals surface area contributed by atoms with Crippen LogP contribution < -0.4 is 16.0 Å². The van der Waals surface area contributed by atoms with E-state index in [0.29, 0.717) is 13.1 Å². The van der Waals surface area contributed by atoms with E-state index in [1.807, 2.05) is 42.5 Å². The van der Waals surface area contributed by atoms with Crippen molar-refractivity contribution in [2.45, 2.75) is 45.3 Å². The maximum absolute atomic E-state index is 12.4. The Morgan fingerprint density at radius 1 is 1.03 bits per heavy atom. The number of aryl methyl sites for hydroxylation is 1. The lowest BCUT2D eigenvalue weighted by molar-refractivity contribution is -0.114. The first-order valence-corrected chi connectivity index (χ1v) is 10.4. The van der Waals surface area contributed by atoms with Crippen LogP contribution in [0.25, 0.3) is 0 Å². The van der Waals surface area contributed by atoms with Crippen LogP contribution >= 0.6 is 0 Å². The van der Waals surface area contributed by atoms with Crippen LogP contribution in [-0.2, 0) is 30.7 Å². The molecule has 3 N–H and O–H groups in total. The molecular formula is C23H26N6O2. The molecule has 0 aliphatic carbocycles. The van der Waals surface area contributed by atoms with E-state index in [1.165, 1.54) is 12.5 Å². The number of anilines is 1. The molecule has 0 fully saturated rings. The molecule has 3 aromatic rings. The lowest BCUT2D eigenvalue weighted by atomic mass is 10.1. The van der Waals surface area contributed by atoms with Crippen LogP contribution in [0.1, 0.15) is 36.1 Å². The Morgan fingerprint density at radius 2 is 1.81 bits per heavy atom. The minimum absolute atomic E-state index is 0.0279. The molecule has 160 valence electrons. The Labute approximate surface area is 181 Å². The molecule has 0 radical (unpaired) electrons. The van der Waals surface area contributed by atoms with Gasteiger partial charge in [0.1, 0.15) is 11.6 Å². The van der Waals surface area contributed by atoms with Crippen LogP contribution in [-0.4, -0.2) is 32.7 Å². The number of hydrogen-bond donors (Lipinski definition) is 3. The third-order valence-corrected chi connectivity index (χ3v) is 5.29. The molecule has 1 aliphatic rings. The van der Waals surface area contributed by atoms with E-state index in [0.717, 1.165) is 42.2 Å². The van der Waals surface area contributed by atoms with Crippen molar-refractivity contribution in [1.82, 2.24) is 25.4 Å². The van der Waals surface area contributed by atoms with Crippen molar-refractivity contribution in [3.63, 3.8) is 0 Å². The second-order valence-electron chi connectivity index (χ2n) is 7.75. The molecule has 0 saturated carbocycles. The van der Waals surface area contributed by atoms with E-state index in [-0.39, 0.29) is 18.0 Å². The monoisotopic (exact) mass is 418 g/mol. The maximum Gasteiger partial charge on any atom is 0.315 e. The Balaban J connectivity index is 1.29. The predicted molar refractivity (Wildman–Crippen MR) is 117 cm³/mol. The van der Waals surface area contributed by atoms with Crippen molar-refractivity contribution in [2.75, 3.05) is 5.32 Å². The summed E-state index contributed by atoms with van der Waals surface area (Å²) in [6.45, 7) is 2.55. The van der Waals surface area contributed by atoms with E-state index in [2.05, 4.69) is 42.8 Å². The minimum Gasteiger partial charge on any atom is -0.334 e. The Kier molecular flexibility index (Phi) is 6.26. The highest BCUT2D eigenvalue weighted by Gasteiger charge is 2.24. The van der Waals surface area contributed by atoms with Crippen molar-refractivity contribution in [3.05, 3.63) is 77.4 Å². The number of aromatic nitrogens is 3. The SMILES string of the molecule is CC(=O)Nc1ccc(CNC(=O)NC2CCc3nnc(Cc4ccccc4)n3C2)cc1. The molecule has 0 bridgehead atoms. The Morgan fingerprint density at radius 3 is 2.55 bits per heavy atom. The molecule has 1 aromatic heterocycles. The third kappa shape index (κ3) is 5.48. The second-order valence-corrected chi connectivity index (χ2v) is 7.75. The van der Waals surface area contributed by atoms with Crippen molar-refractivity contribution in [1.29, 1.82) is 0 Å². The van der Waals surface area contributed by atoms with Gasteiger partial charge in [0, 0.05) is 44.6 Å². The van der Waals surface area contributed by atoms with Crippen molar-refractivity contribution < 1.29 is 9.59 Å². The number of urea groups is 1. The third-order valence-electron chi connectivity index (χ3n) is 5.29. The van der Waals surface area contributed by atoms with Crippen LogP contribution in [0, 0.1) is 0 Å². The van der Waals surface area contributed by atoms with Gasteiger partial charge in [0.05, 0.1) is 0 Å². The van der Waals surface area contributed by atoms with E-state index in [4.69, 9.17) is 0 Å². The summed E-state index contributed by atoms with van der Waals surface area (Å²) < 4.78 is 2.13. The van der Waals surface area contributed by atoms with E-state index < -0.39 is 0 Å². The number of rotatable bonds is 6. The number of fused-ring (bicyclic) bond motifs is 1. The van der Waals surface area contributed by atoms with Crippen LogP contribution in [0.4, 0.5) is 10.5 Å². The molecule has 4 rings (SSSR count). The molecule has 1 aliphatic heterocycles. The number of hydrogen-bond acceptors (Lipinski definition) is 4. The van der Waals surface area contributed by atoms with Gasteiger partial charge in [0.2, 0.25) is 5.91 Å². The van der Waals surface area contributed by atoms with Gasteiger partial charge in [-0.3, -0.25) is 4.79 Å². The van der Waals surface area contributed by atoms with Crippen LogP contribution in [0.5, 0.6) is 0 Å². The zero-order valence-corrected chi connectivity index (χ0v) is 17.5. The van der Waals surface area contributed by atoms with Gasteiger partial charge >= 0.3 is 6.03 Å². The molecule has 1 unspecified atom stereocenters. The molecule has 0 spiro atoms. The van der Waals surface area contributed by atoms with Gasteiger partial charge < -0.3 is 20.5 Å². The van der Waals surface area contributed by atoms with Crippen molar-refractivity contribution >= 4 is 17.6 Å². The fraction of sp³-hybridized carbons (Fsp3) is 0.304. The summed E-state index contributed by atoms with van der Waals surface area (Å²) >= 11 is 0. The number of benzene rings is 2. The van der Waals surface area contributed by atoms with Gasteiger partial charge in [-0.1, -0.05) is 42.5 Å². The average molecular weight is 419 g/mol. The Hall–Kier alpha value is -3.68. The first-order valence-electron chi connectivity index (χ1n) is 10.4. The van der Waals surface area contributed by atoms with Gasteiger partial charge in [0.15, 0.2) is 0 Å². The molecule has 2 heterocycles. The van der Waals surface area contributed by atoms with Crippen molar-refractivity contribution in [2.24, 2.45) is 0 Å². The highest BCUT2D eigenvalue weighted by Crippen LogP contribution is 2.17. The Bertz CT molecular complexity index is 1050. The summed E-state index contributed by atoms with van der Waals surface area (Å²) in [6.07, 6.45) is 2.35. The standard InChI is InChI=1S/C23H26N6O2/c1-16(30)25-19-9-7-18(8-10-19)14-24-23(31)26-20-11-12-21-27-28-22(29(21)15-20)13-17-5-3-2-4-6-17/h2-10,20H,11-15H2,1H3,(H,25,30)(H2,24,26,31). The maximum atomic E-state index is 12.4. The van der Waals surface area contributed by atoms with Gasteiger partial charge in [-0.15, -0.1) is 10.2 Å². The molecule has 8 nitrogen and oxygen atoms in total. The summed E-state index contributed by atoms with van der Waals surface area (Å²) in [5.74, 6) is 1.79. The van der Waals surface area contributed by atoms with Gasteiger partial charge in [0.25, 0.3) is 0 Å². The fourth-order valence-corrected chi connectivity index (χ4v) is 3.74. The number of carbonyl (C=O) groups is 2. The van der Waals surface area contributed by atoms with Gasteiger partial charge in [-0.2, -0.15) is 0 Å². The minimum atomic E-state index is -0.197. The molecule has 2 aromatic carbocycles. The molecule has 1 atom stereocenters. The summed E-state index contributed by atoms with van der Waals surface area (Å²) in [7, 11) is 0. The number of amides is 3. The zero-order chi connectivity index (χ0) is 21.6. The average Bonchev–Trinajstić information content (AvgIpc) is 3.15. The molecule has 31 heavy (non-hydrogen) atoms. The first kappa shape index (κ1) is 20.6. The van der Waals surface area contributed by atoms with Gasteiger partial charge in [-0.25, -0.2) is 4.79 Å². The lowest BCUT2D eigenvalue weighted by Crippen LogP contribution is -2.45. The highest BCUT2D eigenvalue weighted by atomic mass is 16.2. The fourth-order valence-electron chi connectivity index (χ4n) is 3.74. The molecule has 8 heteroatoms. The second kappa shape index (κ2) is 9.42. The van der Waals surface area contributed by atoms with Crippen LogP contribution in [0.15, 0.2) is 54.6 Å². The van der Waals surface area contributed by atoms with E-state index in [1.54, 1.807) is 0 Å². The van der Waals surface area contributed by atoms with E-state index >= 15 is 0 Å². The number of nitrogens with zero attached hydrogens (tertiary/aromatic N) is 3. The van der Waals surface area contributed by atoms with Crippen LogP contribution in [0.2, 0.25) is 0 Å². The molecule has 3 amide bonds. The summed E-state index contributed by atoms with van der Waals surface area (Å²) in [5.41, 5.74) is 2.88. The van der Waals surface area contributed by atoms with Crippen molar-refractivity contribution in [3.8, 4) is 0 Å². The quantitative estimate of drug-likeness (QED) is 0.573. The predicted octanol–water partition coefficient (Wildman–Crippen LogP) is 2.64. The number of carbonyl (C=O) groups excluding carboxylic acids is 2. The topological polar surface area (TPSA) is 101 Å². The smallest absolute Gasteiger partial charge is 0.315 e. The normalized spacial score (nSPS) is 15.1. The largest absolute Gasteiger partial charge is 0.334 e. The molecular weight excluding hydrogens is 392 g/mol. The number of nitrogens with one attached hydrogen (secondary N) is 3. The van der Waals surface area contributed by atoms with Gasteiger partial charge in [-0.05, 0) is 29.7 Å².